The molecule has 1 rings (SSSR count). The van der Waals surface area contributed by atoms with Crippen molar-refractivity contribution in [3.63, 3.8) is 0 Å². The topological polar surface area (TPSA) is 46.2 Å². The SMILES string of the molecule is CC(=O)CC(=O)Nc1cc(C(C)(C)C)cc(C(C)(C)C)c1. The Morgan fingerprint density at radius 3 is 1.67 bits per heavy atom. The van der Waals surface area contributed by atoms with Gasteiger partial charge in [0.25, 0.3) is 0 Å². The van der Waals surface area contributed by atoms with Crippen molar-refractivity contribution in [3.8, 4) is 0 Å². The second-order valence-electron chi connectivity index (χ2n) is 7.73. The number of anilines is 1. The first-order valence-electron chi connectivity index (χ1n) is 7.35. The van der Waals surface area contributed by atoms with Gasteiger partial charge in [-0.25, -0.2) is 0 Å². The summed E-state index contributed by atoms with van der Waals surface area (Å²) in [5.74, 6) is -0.385. The highest BCUT2D eigenvalue weighted by Crippen LogP contribution is 2.32. The maximum Gasteiger partial charge on any atom is 0.231 e. The second-order valence-corrected chi connectivity index (χ2v) is 7.73. The summed E-state index contributed by atoms with van der Waals surface area (Å²) in [6.45, 7) is 14.3. The lowest BCUT2D eigenvalue weighted by Crippen LogP contribution is -2.19. The molecule has 3 nitrogen and oxygen atoms in total. The fraction of sp³-hybridized carbons (Fsp3) is 0.556. The van der Waals surface area contributed by atoms with Crippen LogP contribution in [0.1, 0.15) is 66.0 Å². The molecule has 1 aromatic rings. The number of Topliss-reactive ketones (excluding diaryl/α,β-unsaturated/α-hetero) is 1. The molecule has 1 aromatic carbocycles. The zero-order chi connectivity index (χ0) is 16.4. The number of carbonyl (C=O) groups is 2. The number of nitrogens with one attached hydrogen (secondary N) is 1. The van der Waals surface area contributed by atoms with Gasteiger partial charge in [-0.05, 0) is 41.0 Å². The molecular formula is C18H27NO2. The van der Waals surface area contributed by atoms with E-state index in [0.717, 1.165) is 5.69 Å². The van der Waals surface area contributed by atoms with Gasteiger partial charge in [0.1, 0.15) is 5.78 Å². The van der Waals surface area contributed by atoms with Crippen LogP contribution in [-0.2, 0) is 20.4 Å². The predicted molar refractivity (Wildman–Crippen MR) is 87.8 cm³/mol. The summed E-state index contributed by atoms with van der Waals surface area (Å²) in [5, 5.41) is 2.84. The summed E-state index contributed by atoms with van der Waals surface area (Å²) >= 11 is 0. The van der Waals surface area contributed by atoms with E-state index < -0.39 is 0 Å². The van der Waals surface area contributed by atoms with Crippen molar-refractivity contribution in [1.29, 1.82) is 0 Å². The Hall–Kier alpha value is -1.64. The quantitative estimate of drug-likeness (QED) is 0.848. The number of ketones is 1. The molecule has 0 heterocycles. The van der Waals surface area contributed by atoms with Crippen LogP contribution in [-0.4, -0.2) is 11.7 Å². The van der Waals surface area contributed by atoms with Gasteiger partial charge in [-0.2, -0.15) is 0 Å². The number of hydrogen-bond donors (Lipinski definition) is 1. The first-order chi connectivity index (χ1) is 9.39. The Morgan fingerprint density at radius 2 is 1.33 bits per heavy atom. The van der Waals surface area contributed by atoms with Crippen LogP contribution in [0.5, 0.6) is 0 Å². The number of hydrogen-bond acceptors (Lipinski definition) is 2. The smallest absolute Gasteiger partial charge is 0.231 e. The van der Waals surface area contributed by atoms with Crippen LogP contribution in [0.4, 0.5) is 5.69 Å². The average molecular weight is 289 g/mol. The third-order valence-electron chi connectivity index (χ3n) is 3.36. The van der Waals surface area contributed by atoms with E-state index in [1.165, 1.54) is 18.1 Å². The molecule has 1 N–H and O–H groups in total. The lowest BCUT2D eigenvalue weighted by molar-refractivity contribution is -0.124. The van der Waals surface area contributed by atoms with E-state index in [4.69, 9.17) is 0 Å². The maximum atomic E-state index is 11.8. The van der Waals surface area contributed by atoms with Gasteiger partial charge < -0.3 is 5.32 Å². The van der Waals surface area contributed by atoms with Gasteiger partial charge in [-0.1, -0.05) is 47.6 Å². The molecule has 0 aliphatic carbocycles. The van der Waals surface area contributed by atoms with Crippen molar-refractivity contribution in [2.75, 3.05) is 5.32 Å². The Kier molecular flexibility index (Phi) is 4.98. The van der Waals surface area contributed by atoms with E-state index in [1.807, 2.05) is 12.1 Å². The summed E-state index contributed by atoms with van der Waals surface area (Å²) in [6, 6.07) is 6.18. The summed E-state index contributed by atoms with van der Waals surface area (Å²) in [6.07, 6.45) is -0.0788. The van der Waals surface area contributed by atoms with E-state index in [1.54, 1.807) is 0 Å². The fourth-order valence-electron chi connectivity index (χ4n) is 2.00. The summed E-state index contributed by atoms with van der Waals surface area (Å²) < 4.78 is 0. The molecule has 0 aromatic heterocycles. The molecule has 0 unspecified atom stereocenters. The normalized spacial score (nSPS) is 12.1. The van der Waals surface area contributed by atoms with E-state index in [9.17, 15) is 9.59 Å². The van der Waals surface area contributed by atoms with Gasteiger partial charge in [0.05, 0.1) is 6.42 Å². The minimum Gasteiger partial charge on any atom is -0.326 e. The first kappa shape index (κ1) is 17.4. The zero-order valence-electron chi connectivity index (χ0n) is 14.3. The van der Waals surface area contributed by atoms with Crippen LogP contribution in [0.15, 0.2) is 18.2 Å². The van der Waals surface area contributed by atoms with Crippen molar-refractivity contribution >= 4 is 17.4 Å². The van der Waals surface area contributed by atoms with Crippen LogP contribution in [0.2, 0.25) is 0 Å². The Balaban J connectivity index is 3.20. The molecule has 0 bridgehead atoms. The van der Waals surface area contributed by atoms with Gasteiger partial charge in [0.15, 0.2) is 0 Å². The Morgan fingerprint density at radius 1 is 0.905 bits per heavy atom. The monoisotopic (exact) mass is 289 g/mol. The Labute approximate surface area is 128 Å². The maximum absolute atomic E-state index is 11.8. The fourth-order valence-corrected chi connectivity index (χ4v) is 2.00. The largest absolute Gasteiger partial charge is 0.326 e. The highest BCUT2D eigenvalue weighted by atomic mass is 16.2. The molecule has 1 amide bonds. The van der Waals surface area contributed by atoms with E-state index in [0.29, 0.717) is 0 Å². The van der Waals surface area contributed by atoms with Gasteiger partial charge in [0.2, 0.25) is 5.91 Å². The lowest BCUT2D eigenvalue weighted by atomic mass is 9.80. The highest BCUT2D eigenvalue weighted by Gasteiger charge is 2.21. The summed E-state index contributed by atoms with van der Waals surface area (Å²) in [5.41, 5.74) is 3.11. The molecule has 0 atom stereocenters. The molecular weight excluding hydrogens is 262 g/mol. The van der Waals surface area contributed by atoms with Crippen molar-refractivity contribution in [2.24, 2.45) is 0 Å². The minimum atomic E-state index is -0.256. The Bertz CT molecular complexity index is 513. The minimum absolute atomic E-state index is 0.00130. The lowest BCUT2D eigenvalue weighted by Gasteiger charge is -2.26. The summed E-state index contributed by atoms with van der Waals surface area (Å²) in [7, 11) is 0. The molecule has 0 aliphatic rings. The molecule has 21 heavy (non-hydrogen) atoms. The van der Waals surface area contributed by atoms with Crippen LogP contribution >= 0.6 is 0 Å². The van der Waals surface area contributed by atoms with Crippen molar-refractivity contribution in [2.45, 2.75) is 65.7 Å². The van der Waals surface area contributed by atoms with Crippen LogP contribution < -0.4 is 5.32 Å². The van der Waals surface area contributed by atoms with Crippen molar-refractivity contribution in [3.05, 3.63) is 29.3 Å². The number of amides is 1. The molecule has 0 saturated heterocycles. The van der Waals surface area contributed by atoms with Gasteiger partial charge in [-0.15, -0.1) is 0 Å². The predicted octanol–water partition coefficient (Wildman–Crippen LogP) is 4.20. The number of benzene rings is 1. The standard InChI is InChI=1S/C18H27NO2/c1-12(20)8-16(21)19-15-10-13(17(2,3)4)9-14(11-15)18(5,6)7/h9-11H,8H2,1-7H3,(H,19,21). The third kappa shape index (κ3) is 5.33. The molecule has 0 spiro atoms. The van der Waals surface area contributed by atoms with Gasteiger partial charge in [-0.3, -0.25) is 9.59 Å². The number of carbonyl (C=O) groups excluding carboxylic acids is 2. The highest BCUT2D eigenvalue weighted by molar-refractivity contribution is 6.03. The van der Waals surface area contributed by atoms with Crippen molar-refractivity contribution < 1.29 is 9.59 Å². The molecule has 0 radical (unpaired) electrons. The zero-order valence-corrected chi connectivity index (χ0v) is 14.3. The molecule has 0 aliphatic heterocycles. The van der Waals surface area contributed by atoms with Crippen LogP contribution in [0.25, 0.3) is 0 Å². The van der Waals surface area contributed by atoms with Gasteiger partial charge >= 0.3 is 0 Å². The molecule has 116 valence electrons. The third-order valence-corrected chi connectivity index (χ3v) is 3.36. The van der Waals surface area contributed by atoms with Crippen molar-refractivity contribution in [1.82, 2.24) is 0 Å². The molecule has 3 heteroatoms. The van der Waals surface area contributed by atoms with Crippen LogP contribution in [0.3, 0.4) is 0 Å². The van der Waals surface area contributed by atoms with Crippen LogP contribution in [0, 0.1) is 0 Å². The molecule has 0 fully saturated rings. The number of rotatable bonds is 3. The summed E-state index contributed by atoms with van der Waals surface area (Å²) in [4.78, 5) is 22.8. The second kappa shape index (κ2) is 6.00. The average Bonchev–Trinajstić information content (AvgIpc) is 2.24. The van der Waals surface area contributed by atoms with Gasteiger partial charge in [0, 0.05) is 5.69 Å². The molecule has 0 saturated carbocycles. The van der Waals surface area contributed by atoms with E-state index in [-0.39, 0.29) is 28.9 Å². The van der Waals surface area contributed by atoms with E-state index >= 15 is 0 Å². The van der Waals surface area contributed by atoms with E-state index in [2.05, 4.69) is 52.9 Å². The first-order valence-corrected chi connectivity index (χ1v) is 7.35.